The van der Waals surface area contributed by atoms with Crippen molar-refractivity contribution in [2.45, 2.75) is 52.4 Å². The Hall–Kier alpha value is -0.890. The van der Waals surface area contributed by atoms with Gasteiger partial charge in [0.05, 0.1) is 10.4 Å². The van der Waals surface area contributed by atoms with Crippen LogP contribution in [0.25, 0.3) is 10.1 Å². The summed E-state index contributed by atoms with van der Waals surface area (Å²) in [5.41, 5.74) is 2.93. The van der Waals surface area contributed by atoms with E-state index in [1.54, 1.807) is 11.5 Å². The van der Waals surface area contributed by atoms with E-state index in [9.17, 15) is 0 Å². The fourth-order valence-corrected chi connectivity index (χ4v) is 3.38. The summed E-state index contributed by atoms with van der Waals surface area (Å²) in [5, 5.41) is 1.33. The molecule has 0 amide bonds. The molecule has 0 unspecified atom stereocenters. The van der Waals surface area contributed by atoms with Gasteiger partial charge in [-0.3, -0.25) is 0 Å². The van der Waals surface area contributed by atoms with Crippen molar-refractivity contribution in [1.82, 2.24) is 4.37 Å². The Morgan fingerprint density at radius 3 is 2.12 bits per heavy atom. The predicted octanol–water partition coefficient (Wildman–Crippen LogP) is 4.89. The summed E-state index contributed by atoms with van der Waals surface area (Å²) in [4.78, 5) is 0. The van der Waals surface area contributed by atoms with Crippen molar-refractivity contribution in [2.24, 2.45) is 0 Å². The van der Waals surface area contributed by atoms with E-state index >= 15 is 0 Å². The van der Waals surface area contributed by atoms with E-state index in [2.05, 4.69) is 64.1 Å². The molecule has 0 aliphatic carbocycles. The van der Waals surface area contributed by atoms with Gasteiger partial charge >= 0.3 is 0 Å². The number of benzene rings is 1. The highest BCUT2D eigenvalue weighted by molar-refractivity contribution is 7.13. The Labute approximate surface area is 108 Å². The summed E-state index contributed by atoms with van der Waals surface area (Å²) in [6.07, 6.45) is 0. The fourth-order valence-electron chi connectivity index (χ4n) is 2.09. The lowest BCUT2D eigenvalue weighted by Crippen LogP contribution is -2.13. The van der Waals surface area contributed by atoms with Crippen molar-refractivity contribution in [3.8, 4) is 0 Å². The first-order valence-electron chi connectivity index (χ1n) is 6.10. The van der Waals surface area contributed by atoms with Crippen molar-refractivity contribution in [1.29, 1.82) is 0 Å². The predicted molar refractivity (Wildman–Crippen MR) is 77.0 cm³/mol. The first-order valence-corrected chi connectivity index (χ1v) is 6.88. The number of rotatable bonds is 0. The molecule has 0 aliphatic heterocycles. The fraction of sp³-hybridized carbons (Fsp3) is 0.533. The molecule has 1 nitrogen and oxygen atoms in total. The van der Waals surface area contributed by atoms with Crippen LogP contribution < -0.4 is 0 Å². The van der Waals surface area contributed by atoms with Gasteiger partial charge in [-0.25, -0.2) is 0 Å². The minimum atomic E-state index is 0.120. The first kappa shape index (κ1) is 12.6. The lowest BCUT2D eigenvalue weighted by atomic mass is 9.84. The molecule has 1 aromatic heterocycles. The van der Waals surface area contributed by atoms with Crippen LogP contribution in [0, 0.1) is 0 Å². The van der Waals surface area contributed by atoms with Crippen LogP contribution in [0.1, 0.15) is 52.8 Å². The number of nitrogens with zero attached hydrogens (tertiary/aromatic N) is 1. The van der Waals surface area contributed by atoms with Crippen LogP contribution in [-0.2, 0) is 10.8 Å². The van der Waals surface area contributed by atoms with Gasteiger partial charge in [0.15, 0.2) is 0 Å². The molecule has 0 radical (unpaired) electrons. The maximum absolute atomic E-state index is 4.68. The van der Waals surface area contributed by atoms with E-state index in [0.29, 0.717) is 0 Å². The Kier molecular flexibility index (Phi) is 2.81. The van der Waals surface area contributed by atoms with Crippen molar-refractivity contribution in [3.05, 3.63) is 29.5 Å². The molecule has 0 saturated carbocycles. The molecular weight excluding hydrogens is 226 g/mol. The molecule has 0 aliphatic rings. The zero-order chi connectivity index (χ0) is 12.8. The van der Waals surface area contributed by atoms with E-state index < -0.39 is 0 Å². The third-order valence-electron chi connectivity index (χ3n) is 3.02. The second kappa shape index (κ2) is 3.81. The average molecular weight is 247 g/mol. The first-order chi connectivity index (χ1) is 7.71. The highest BCUT2D eigenvalue weighted by Gasteiger charge is 2.24. The molecular formula is C15H21NS. The Morgan fingerprint density at radius 1 is 0.941 bits per heavy atom. The largest absolute Gasteiger partial charge is 0.196 e. The van der Waals surface area contributed by atoms with Gasteiger partial charge in [-0.15, -0.1) is 0 Å². The number of aromatic nitrogens is 1. The maximum atomic E-state index is 4.68. The van der Waals surface area contributed by atoms with E-state index in [4.69, 9.17) is 0 Å². The van der Waals surface area contributed by atoms with Crippen molar-refractivity contribution >= 4 is 21.6 Å². The lowest BCUT2D eigenvalue weighted by Gasteiger charge is -2.20. The van der Waals surface area contributed by atoms with Gasteiger partial charge in [0.2, 0.25) is 0 Å². The zero-order valence-electron chi connectivity index (χ0n) is 11.6. The van der Waals surface area contributed by atoms with Crippen LogP contribution in [0.2, 0.25) is 0 Å². The summed E-state index contributed by atoms with van der Waals surface area (Å²) >= 11 is 1.64. The number of hydrogen-bond donors (Lipinski definition) is 0. The molecule has 2 aromatic rings. The Bertz CT molecular complexity index is 538. The number of hydrogen-bond acceptors (Lipinski definition) is 2. The van der Waals surface area contributed by atoms with Gasteiger partial charge in [-0.2, -0.15) is 4.37 Å². The second-order valence-electron chi connectivity index (χ2n) is 6.71. The molecule has 1 aromatic carbocycles. The molecule has 2 rings (SSSR count). The third-order valence-corrected chi connectivity index (χ3v) is 3.91. The quantitative estimate of drug-likeness (QED) is 0.646. The average Bonchev–Trinajstić information content (AvgIpc) is 2.57. The molecule has 0 N–H and O–H groups in total. The lowest BCUT2D eigenvalue weighted by molar-refractivity contribution is 0.580. The summed E-state index contributed by atoms with van der Waals surface area (Å²) in [7, 11) is 0. The molecule has 92 valence electrons. The molecule has 0 spiro atoms. The number of fused-ring (bicyclic) bond motifs is 1. The minimum absolute atomic E-state index is 0.120. The van der Waals surface area contributed by atoms with Crippen molar-refractivity contribution in [2.75, 3.05) is 0 Å². The molecule has 2 heteroatoms. The van der Waals surface area contributed by atoms with Gasteiger partial charge in [0.25, 0.3) is 0 Å². The molecule has 0 fully saturated rings. The van der Waals surface area contributed by atoms with Crippen LogP contribution in [0.3, 0.4) is 0 Å². The van der Waals surface area contributed by atoms with Crippen LogP contribution >= 0.6 is 11.5 Å². The van der Waals surface area contributed by atoms with Crippen molar-refractivity contribution < 1.29 is 0 Å². The highest BCUT2D eigenvalue weighted by Crippen LogP contribution is 2.37. The SMILES string of the molecule is CC(C)(C)c1nsc2c(C(C)(C)C)cccc12. The van der Waals surface area contributed by atoms with E-state index in [1.165, 1.54) is 21.3 Å². The Morgan fingerprint density at radius 2 is 1.59 bits per heavy atom. The molecule has 17 heavy (non-hydrogen) atoms. The normalized spacial score (nSPS) is 13.3. The van der Waals surface area contributed by atoms with Gasteiger partial charge in [0.1, 0.15) is 0 Å². The van der Waals surface area contributed by atoms with Crippen LogP contribution in [0.15, 0.2) is 18.2 Å². The standard InChI is InChI=1S/C15H21NS/c1-14(2,3)11-9-7-8-10-12(11)17-16-13(10)15(4,5)6/h7-9H,1-6H3. The molecule has 1 heterocycles. The summed E-state index contributed by atoms with van der Waals surface area (Å²) in [5.74, 6) is 0. The van der Waals surface area contributed by atoms with Crippen LogP contribution in [0.5, 0.6) is 0 Å². The van der Waals surface area contributed by atoms with E-state index in [-0.39, 0.29) is 10.8 Å². The Balaban J connectivity index is 2.74. The van der Waals surface area contributed by atoms with Gasteiger partial charge in [0, 0.05) is 10.8 Å². The van der Waals surface area contributed by atoms with Gasteiger partial charge < -0.3 is 0 Å². The maximum Gasteiger partial charge on any atom is 0.0674 e. The smallest absolute Gasteiger partial charge is 0.0674 e. The molecule has 0 bridgehead atoms. The van der Waals surface area contributed by atoms with E-state index in [1.807, 2.05) is 0 Å². The molecule has 0 atom stereocenters. The zero-order valence-corrected chi connectivity index (χ0v) is 12.4. The van der Waals surface area contributed by atoms with Crippen LogP contribution in [-0.4, -0.2) is 4.37 Å². The van der Waals surface area contributed by atoms with E-state index in [0.717, 1.165) is 0 Å². The topological polar surface area (TPSA) is 12.9 Å². The summed E-state index contributed by atoms with van der Waals surface area (Å²) < 4.78 is 6.03. The summed E-state index contributed by atoms with van der Waals surface area (Å²) in [6, 6.07) is 6.59. The van der Waals surface area contributed by atoms with Gasteiger partial charge in [-0.05, 0) is 22.5 Å². The highest BCUT2D eigenvalue weighted by atomic mass is 32.1. The van der Waals surface area contributed by atoms with Crippen LogP contribution in [0.4, 0.5) is 0 Å². The molecule has 0 saturated heterocycles. The monoisotopic (exact) mass is 247 g/mol. The van der Waals surface area contributed by atoms with Gasteiger partial charge in [-0.1, -0.05) is 59.7 Å². The third kappa shape index (κ3) is 2.23. The van der Waals surface area contributed by atoms with Crippen molar-refractivity contribution in [3.63, 3.8) is 0 Å². The second-order valence-corrected chi connectivity index (χ2v) is 7.49. The minimum Gasteiger partial charge on any atom is -0.196 e. The summed E-state index contributed by atoms with van der Waals surface area (Å²) in [6.45, 7) is 13.5.